The topological polar surface area (TPSA) is 25.8 Å². The maximum absolute atomic E-state index is 5.65. The highest BCUT2D eigenvalue weighted by molar-refractivity contribution is 6.16. The summed E-state index contributed by atoms with van der Waals surface area (Å²) in [6.07, 6.45) is 0. The number of benzene rings is 9. The second kappa shape index (κ2) is 14.3. The number of nitrogens with zero attached hydrogens (tertiary/aromatic N) is 2. The predicted octanol–water partition coefficient (Wildman–Crippen LogP) is 16.9. The minimum atomic E-state index is -0.123. The van der Waals surface area contributed by atoms with Crippen molar-refractivity contribution in [3.63, 3.8) is 0 Å². The largest absolute Gasteiger partial charge is 0.248 e. The normalized spacial score (nSPS) is 14.0. The third-order valence-corrected chi connectivity index (χ3v) is 14.9. The molecule has 0 spiro atoms. The zero-order valence-electron chi connectivity index (χ0n) is 37.5. The van der Waals surface area contributed by atoms with E-state index >= 15 is 0 Å². The molecule has 0 amide bonds. The van der Waals surface area contributed by atoms with Crippen molar-refractivity contribution in [2.45, 2.75) is 38.5 Å². The maximum atomic E-state index is 5.65. The monoisotopic (exact) mass is 842 g/mol. The second-order valence-corrected chi connectivity index (χ2v) is 19.3. The van der Waals surface area contributed by atoms with Gasteiger partial charge in [0.05, 0.1) is 22.4 Å². The van der Waals surface area contributed by atoms with E-state index in [0.29, 0.717) is 0 Å². The van der Waals surface area contributed by atoms with Crippen LogP contribution in [0.25, 0.3) is 111 Å². The molecule has 11 aromatic rings. The van der Waals surface area contributed by atoms with Crippen molar-refractivity contribution in [2.24, 2.45) is 0 Å². The van der Waals surface area contributed by atoms with Crippen LogP contribution in [0.4, 0.5) is 0 Å². The minimum absolute atomic E-state index is 0.106. The van der Waals surface area contributed by atoms with Gasteiger partial charge < -0.3 is 0 Å². The molecule has 9 aromatic carbocycles. The summed E-state index contributed by atoms with van der Waals surface area (Å²) >= 11 is 0. The Bertz CT molecular complexity index is 3800. The van der Waals surface area contributed by atoms with E-state index in [0.717, 1.165) is 60.8 Å². The summed E-state index contributed by atoms with van der Waals surface area (Å²) in [4.78, 5) is 10.9. The maximum Gasteiger partial charge on any atom is 0.0794 e. The number of hydrogen-bond donors (Lipinski definition) is 0. The summed E-state index contributed by atoms with van der Waals surface area (Å²) in [6, 6.07) is 75.8. The van der Waals surface area contributed by atoms with E-state index < -0.39 is 0 Å². The quantitative estimate of drug-likeness (QED) is 0.161. The molecule has 0 N–H and O–H groups in total. The Morgan fingerprint density at radius 2 is 0.727 bits per heavy atom. The Morgan fingerprint density at radius 1 is 0.273 bits per heavy atom. The molecule has 0 saturated carbocycles. The van der Waals surface area contributed by atoms with Crippen molar-refractivity contribution in [1.29, 1.82) is 0 Å². The number of hydrogen-bond acceptors (Lipinski definition) is 2. The van der Waals surface area contributed by atoms with Crippen LogP contribution in [0.3, 0.4) is 0 Å². The lowest BCUT2D eigenvalue weighted by atomic mass is 9.81. The van der Waals surface area contributed by atoms with Gasteiger partial charge in [0.1, 0.15) is 0 Å². The lowest BCUT2D eigenvalue weighted by molar-refractivity contribution is 0.660. The molecule has 0 bridgehead atoms. The smallest absolute Gasteiger partial charge is 0.0794 e. The minimum Gasteiger partial charge on any atom is -0.248 e. The molecule has 0 radical (unpaired) electrons. The van der Waals surface area contributed by atoms with Crippen molar-refractivity contribution in [3.8, 4) is 78.1 Å². The molecule has 0 unspecified atom stereocenters. The van der Waals surface area contributed by atoms with Gasteiger partial charge in [0.15, 0.2) is 0 Å². The van der Waals surface area contributed by atoms with Gasteiger partial charge in [0, 0.05) is 38.1 Å². The van der Waals surface area contributed by atoms with Gasteiger partial charge in [0.25, 0.3) is 0 Å². The van der Waals surface area contributed by atoms with E-state index in [4.69, 9.17) is 9.97 Å². The molecule has 2 heteroatoms. The van der Waals surface area contributed by atoms with Crippen LogP contribution in [0.1, 0.15) is 49.9 Å². The molecule has 0 fully saturated rings. The third kappa shape index (κ3) is 5.74. The van der Waals surface area contributed by atoms with E-state index in [9.17, 15) is 0 Å². The van der Waals surface area contributed by atoms with Crippen molar-refractivity contribution < 1.29 is 0 Å². The fourth-order valence-corrected chi connectivity index (χ4v) is 11.4. The van der Waals surface area contributed by atoms with Gasteiger partial charge in [-0.1, -0.05) is 198 Å². The number of pyridine rings is 2. The predicted molar refractivity (Wildman–Crippen MR) is 277 cm³/mol. The van der Waals surface area contributed by atoms with Gasteiger partial charge in [-0.2, -0.15) is 0 Å². The molecule has 2 heterocycles. The lowest BCUT2D eigenvalue weighted by Crippen LogP contribution is -2.15. The number of aromatic nitrogens is 2. The van der Waals surface area contributed by atoms with Gasteiger partial charge >= 0.3 is 0 Å². The highest BCUT2D eigenvalue weighted by atomic mass is 14.7. The molecular weight excluding hydrogens is 797 g/mol. The molecule has 13 rings (SSSR count). The van der Waals surface area contributed by atoms with Crippen molar-refractivity contribution in [2.75, 3.05) is 0 Å². The highest BCUT2D eigenvalue weighted by Crippen LogP contribution is 2.52. The van der Waals surface area contributed by atoms with Crippen LogP contribution in [0.2, 0.25) is 0 Å². The Kier molecular flexibility index (Phi) is 8.33. The van der Waals surface area contributed by atoms with Crippen LogP contribution >= 0.6 is 0 Å². The van der Waals surface area contributed by atoms with Crippen LogP contribution in [-0.2, 0) is 10.8 Å². The molecule has 0 aliphatic heterocycles. The molecule has 2 aliphatic carbocycles. The summed E-state index contributed by atoms with van der Waals surface area (Å²) in [5.74, 6) is 0. The molecule has 312 valence electrons. The van der Waals surface area contributed by atoms with Gasteiger partial charge in [-0.25, -0.2) is 9.97 Å². The first kappa shape index (κ1) is 38.5. The van der Waals surface area contributed by atoms with E-state index in [-0.39, 0.29) is 10.8 Å². The highest BCUT2D eigenvalue weighted by Gasteiger charge is 2.37. The fraction of sp³-hybridized carbons (Fsp3) is 0.0938. The molecule has 0 saturated heterocycles. The summed E-state index contributed by atoms with van der Waals surface area (Å²) in [7, 11) is 0. The Morgan fingerprint density at radius 3 is 1.41 bits per heavy atom. The molecule has 66 heavy (non-hydrogen) atoms. The molecular formula is C64H46N2. The van der Waals surface area contributed by atoms with Gasteiger partial charge in [-0.05, 0) is 120 Å². The summed E-state index contributed by atoms with van der Waals surface area (Å²) < 4.78 is 0. The molecule has 2 aromatic heterocycles. The average molecular weight is 843 g/mol. The van der Waals surface area contributed by atoms with Crippen LogP contribution in [0.15, 0.2) is 206 Å². The SMILES string of the molecule is CC1(C)c2ccccc2-c2ccc(-c3cc(-c4ccc(-c5cc(-c6ccccc6)c6ccccc6n5)cc4)c4cc(-c5ccc6c(c5)C(C)(C)c5ccccc5-6)c5ccccc5c4n3)cc21. The first-order valence-corrected chi connectivity index (χ1v) is 23.1. The van der Waals surface area contributed by atoms with Crippen LogP contribution in [-0.4, -0.2) is 9.97 Å². The van der Waals surface area contributed by atoms with E-state index in [1.54, 1.807) is 0 Å². The summed E-state index contributed by atoms with van der Waals surface area (Å²) in [6.45, 7) is 9.43. The Labute approximate surface area is 385 Å². The summed E-state index contributed by atoms with van der Waals surface area (Å²) in [5.41, 5.74) is 23.7. The number of rotatable bonds is 5. The lowest BCUT2D eigenvalue weighted by Gasteiger charge is -2.22. The van der Waals surface area contributed by atoms with Crippen molar-refractivity contribution >= 4 is 32.6 Å². The second-order valence-electron chi connectivity index (χ2n) is 19.3. The first-order valence-electron chi connectivity index (χ1n) is 23.1. The number of fused-ring (bicyclic) bond motifs is 10. The zero-order chi connectivity index (χ0) is 44.3. The van der Waals surface area contributed by atoms with Crippen LogP contribution in [0, 0.1) is 0 Å². The Balaban J connectivity index is 1.02. The average Bonchev–Trinajstić information content (AvgIpc) is 3.74. The van der Waals surface area contributed by atoms with Crippen molar-refractivity contribution in [1.82, 2.24) is 9.97 Å². The van der Waals surface area contributed by atoms with Crippen molar-refractivity contribution in [3.05, 3.63) is 229 Å². The summed E-state index contributed by atoms with van der Waals surface area (Å²) in [5, 5.41) is 4.63. The van der Waals surface area contributed by atoms with Gasteiger partial charge in [-0.15, -0.1) is 0 Å². The zero-order valence-corrected chi connectivity index (χ0v) is 37.5. The Hall–Kier alpha value is -7.94. The molecule has 0 atom stereocenters. The molecule has 2 aliphatic rings. The van der Waals surface area contributed by atoms with Crippen LogP contribution < -0.4 is 0 Å². The van der Waals surface area contributed by atoms with E-state index in [1.807, 2.05) is 0 Å². The first-order chi connectivity index (χ1) is 32.2. The van der Waals surface area contributed by atoms with Gasteiger partial charge in [-0.3, -0.25) is 0 Å². The van der Waals surface area contributed by atoms with E-state index in [2.05, 4.69) is 234 Å². The standard InChI is InChI=1S/C64H46N2/c1-63(2)55-23-13-10-19-45(55)47-32-30-42(34-57(47)63)51-36-54-53(40-26-28-41(29-27-40)60-37-52(39-16-6-5-7-17-39)49-21-12-15-25-59(49)65-60)38-61(66-62(54)50-22-9-8-18-44(50)51)43-31-33-48-46-20-11-14-24-56(46)64(3,4)58(48)35-43/h5-38H,1-4H3. The molecule has 2 nitrogen and oxygen atoms in total. The third-order valence-electron chi connectivity index (χ3n) is 14.9. The van der Waals surface area contributed by atoms with E-state index in [1.165, 1.54) is 72.1 Å². The number of para-hydroxylation sites is 1. The fourth-order valence-electron chi connectivity index (χ4n) is 11.4. The van der Waals surface area contributed by atoms with Gasteiger partial charge in [0.2, 0.25) is 0 Å². The van der Waals surface area contributed by atoms with Crippen LogP contribution in [0.5, 0.6) is 0 Å².